The number of hydrogen-bond acceptors (Lipinski definition) is 5. The van der Waals surface area contributed by atoms with Crippen molar-refractivity contribution in [3.8, 4) is 5.75 Å². The summed E-state index contributed by atoms with van der Waals surface area (Å²) in [6, 6.07) is 9.32. The van der Waals surface area contributed by atoms with Crippen LogP contribution in [0, 0.1) is 13.8 Å². The number of amides is 2. The van der Waals surface area contributed by atoms with Crippen molar-refractivity contribution >= 4 is 28.2 Å². The molecule has 7 heteroatoms. The van der Waals surface area contributed by atoms with Gasteiger partial charge in [-0.1, -0.05) is 6.07 Å². The maximum absolute atomic E-state index is 12.9. The van der Waals surface area contributed by atoms with Crippen LogP contribution in [0.3, 0.4) is 0 Å². The zero-order chi connectivity index (χ0) is 21.1. The molecule has 0 aliphatic heterocycles. The number of furan rings is 1. The van der Waals surface area contributed by atoms with Gasteiger partial charge in [0.25, 0.3) is 11.8 Å². The van der Waals surface area contributed by atoms with Crippen LogP contribution in [0.5, 0.6) is 5.75 Å². The van der Waals surface area contributed by atoms with Crippen LogP contribution in [0.1, 0.15) is 44.1 Å². The molecule has 6 nitrogen and oxygen atoms in total. The molecule has 0 fully saturated rings. The lowest BCUT2D eigenvalue weighted by atomic mass is 10.1. The zero-order valence-electron chi connectivity index (χ0n) is 17.0. The summed E-state index contributed by atoms with van der Waals surface area (Å²) in [5.74, 6) is 0.852. The molecule has 2 heterocycles. The van der Waals surface area contributed by atoms with Gasteiger partial charge >= 0.3 is 0 Å². The second-order valence-corrected chi connectivity index (χ2v) is 8.51. The molecule has 0 spiro atoms. The zero-order valence-corrected chi connectivity index (χ0v) is 17.9. The van der Waals surface area contributed by atoms with E-state index in [1.807, 2.05) is 38.1 Å². The molecule has 1 aromatic carbocycles. The molecular formula is C23H24N2O4S. The molecule has 156 valence electrons. The average molecular weight is 425 g/mol. The number of ether oxygens (including phenoxy) is 1. The SMILES string of the molecule is Cc1ccc(OCC(=O)Nc2sc3c(c2C(=O)NCc2ccco2)CCC3)cc1C. The number of anilines is 1. The number of nitrogens with one attached hydrogen (secondary N) is 2. The Labute approximate surface area is 179 Å². The van der Waals surface area contributed by atoms with Gasteiger partial charge < -0.3 is 19.8 Å². The molecule has 1 aliphatic rings. The molecule has 3 aromatic rings. The first-order chi connectivity index (χ1) is 14.5. The summed E-state index contributed by atoms with van der Waals surface area (Å²) in [5, 5.41) is 6.36. The van der Waals surface area contributed by atoms with E-state index in [9.17, 15) is 9.59 Å². The van der Waals surface area contributed by atoms with Crippen molar-refractivity contribution < 1.29 is 18.7 Å². The summed E-state index contributed by atoms with van der Waals surface area (Å²) < 4.78 is 10.9. The predicted octanol–water partition coefficient (Wildman–Crippen LogP) is 4.39. The van der Waals surface area contributed by atoms with Crippen molar-refractivity contribution in [2.24, 2.45) is 0 Å². The van der Waals surface area contributed by atoms with E-state index in [0.29, 0.717) is 28.6 Å². The maximum Gasteiger partial charge on any atom is 0.262 e. The Kier molecular flexibility index (Phi) is 5.90. The Hall–Kier alpha value is -3.06. The summed E-state index contributed by atoms with van der Waals surface area (Å²) in [7, 11) is 0. The van der Waals surface area contributed by atoms with Crippen molar-refractivity contribution in [2.75, 3.05) is 11.9 Å². The maximum atomic E-state index is 12.9. The van der Waals surface area contributed by atoms with Crippen LogP contribution in [0.2, 0.25) is 0 Å². The van der Waals surface area contributed by atoms with Crippen molar-refractivity contribution in [1.82, 2.24) is 5.32 Å². The summed E-state index contributed by atoms with van der Waals surface area (Å²) >= 11 is 1.48. The van der Waals surface area contributed by atoms with Crippen molar-refractivity contribution in [3.63, 3.8) is 0 Å². The Morgan fingerprint density at radius 1 is 1.17 bits per heavy atom. The van der Waals surface area contributed by atoms with Crippen molar-refractivity contribution in [2.45, 2.75) is 39.7 Å². The number of fused-ring (bicyclic) bond motifs is 1. The van der Waals surface area contributed by atoms with Crippen LogP contribution >= 0.6 is 11.3 Å². The summed E-state index contributed by atoms with van der Waals surface area (Å²) in [6.45, 7) is 4.22. The second-order valence-electron chi connectivity index (χ2n) is 7.41. The summed E-state index contributed by atoms with van der Waals surface area (Å²) in [4.78, 5) is 26.6. The number of hydrogen-bond donors (Lipinski definition) is 2. The lowest BCUT2D eigenvalue weighted by Gasteiger charge is -2.10. The highest BCUT2D eigenvalue weighted by atomic mass is 32.1. The Morgan fingerprint density at radius 2 is 2.03 bits per heavy atom. The van der Waals surface area contributed by atoms with Gasteiger partial charge in [0.05, 0.1) is 18.4 Å². The van der Waals surface area contributed by atoms with E-state index in [2.05, 4.69) is 10.6 Å². The van der Waals surface area contributed by atoms with Crippen LogP contribution in [0.4, 0.5) is 5.00 Å². The summed E-state index contributed by atoms with van der Waals surface area (Å²) in [6.07, 6.45) is 4.40. The van der Waals surface area contributed by atoms with Gasteiger partial charge in [-0.15, -0.1) is 11.3 Å². The largest absolute Gasteiger partial charge is 0.484 e. The highest BCUT2D eigenvalue weighted by molar-refractivity contribution is 7.17. The standard InChI is InChI=1S/C23H24N2O4S/c1-14-8-9-16(11-15(14)2)29-13-20(26)25-23-21(18-6-3-7-19(18)30-23)22(27)24-12-17-5-4-10-28-17/h4-5,8-11H,3,6-7,12-13H2,1-2H3,(H,24,27)(H,25,26). The number of thiophene rings is 1. The van der Waals surface area contributed by atoms with Gasteiger partial charge in [0, 0.05) is 4.88 Å². The minimum atomic E-state index is -0.284. The normalized spacial score (nSPS) is 12.5. The first kappa shape index (κ1) is 20.2. The average Bonchev–Trinajstić information content (AvgIpc) is 3.44. The predicted molar refractivity (Wildman–Crippen MR) is 116 cm³/mol. The number of aryl methyl sites for hydroxylation is 3. The molecule has 0 radical (unpaired) electrons. The van der Waals surface area contributed by atoms with Gasteiger partial charge in [0.2, 0.25) is 0 Å². The molecule has 2 amide bonds. The van der Waals surface area contributed by atoms with Gasteiger partial charge in [0.15, 0.2) is 6.61 Å². The third-order valence-corrected chi connectivity index (χ3v) is 6.46. The fraction of sp³-hybridized carbons (Fsp3) is 0.304. The molecule has 0 saturated carbocycles. The molecule has 4 rings (SSSR count). The number of benzene rings is 1. The van der Waals surface area contributed by atoms with E-state index >= 15 is 0 Å². The van der Waals surface area contributed by atoms with E-state index in [0.717, 1.165) is 30.4 Å². The molecular weight excluding hydrogens is 400 g/mol. The molecule has 2 aromatic heterocycles. The van der Waals surface area contributed by atoms with Gasteiger partial charge in [-0.3, -0.25) is 9.59 Å². The number of carbonyl (C=O) groups is 2. The molecule has 1 aliphatic carbocycles. The van der Waals surface area contributed by atoms with Crippen LogP contribution in [0.25, 0.3) is 0 Å². The van der Waals surface area contributed by atoms with Gasteiger partial charge in [-0.25, -0.2) is 0 Å². The van der Waals surface area contributed by atoms with Crippen molar-refractivity contribution in [3.05, 3.63) is 69.5 Å². The van der Waals surface area contributed by atoms with Crippen LogP contribution < -0.4 is 15.4 Å². The molecule has 0 saturated heterocycles. The van der Waals surface area contributed by atoms with Crippen LogP contribution in [0.15, 0.2) is 41.0 Å². The molecule has 0 atom stereocenters. The molecule has 0 bridgehead atoms. The highest BCUT2D eigenvalue weighted by Crippen LogP contribution is 2.39. The van der Waals surface area contributed by atoms with Crippen molar-refractivity contribution in [1.29, 1.82) is 0 Å². The van der Waals surface area contributed by atoms with Crippen LogP contribution in [-0.2, 0) is 24.2 Å². The Balaban J connectivity index is 1.43. The minimum Gasteiger partial charge on any atom is -0.484 e. The van der Waals surface area contributed by atoms with Crippen LogP contribution in [-0.4, -0.2) is 18.4 Å². The quantitative estimate of drug-likeness (QED) is 0.589. The number of carbonyl (C=O) groups excluding carboxylic acids is 2. The monoisotopic (exact) mass is 424 g/mol. The summed E-state index contributed by atoms with van der Waals surface area (Å²) in [5.41, 5.74) is 3.89. The number of rotatable bonds is 7. The first-order valence-corrected chi connectivity index (χ1v) is 10.8. The Bertz CT molecular complexity index is 1070. The van der Waals surface area contributed by atoms with Gasteiger partial charge in [0.1, 0.15) is 16.5 Å². The fourth-order valence-corrected chi connectivity index (χ4v) is 4.82. The highest BCUT2D eigenvalue weighted by Gasteiger charge is 2.27. The lowest BCUT2D eigenvalue weighted by Crippen LogP contribution is -2.26. The first-order valence-electron chi connectivity index (χ1n) is 9.96. The Morgan fingerprint density at radius 3 is 2.80 bits per heavy atom. The fourth-order valence-electron chi connectivity index (χ4n) is 3.52. The van der Waals surface area contributed by atoms with E-state index in [-0.39, 0.29) is 18.4 Å². The molecule has 30 heavy (non-hydrogen) atoms. The third-order valence-electron chi connectivity index (χ3n) is 5.25. The topological polar surface area (TPSA) is 80.6 Å². The smallest absolute Gasteiger partial charge is 0.262 e. The third kappa shape index (κ3) is 4.41. The molecule has 0 unspecified atom stereocenters. The van der Waals surface area contributed by atoms with E-state index < -0.39 is 0 Å². The second kappa shape index (κ2) is 8.75. The van der Waals surface area contributed by atoms with E-state index in [1.165, 1.54) is 21.8 Å². The van der Waals surface area contributed by atoms with E-state index in [1.54, 1.807) is 12.3 Å². The van der Waals surface area contributed by atoms with Gasteiger partial charge in [-0.05, 0) is 74.1 Å². The molecule has 2 N–H and O–H groups in total. The lowest BCUT2D eigenvalue weighted by molar-refractivity contribution is -0.118. The minimum absolute atomic E-state index is 0.113. The van der Waals surface area contributed by atoms with E-state index in [4.69, 9.17) is 9.15 Å². The van der Waals surface area contributed by atoms with Gasteiger partial charge in [-0.2, -0.15) is 0 Å².